The highest BCUT2D eigenvalue weighted by atomic mass is 16.2. The highest BCUT2D eigenvalue weighted by Crippen LogP contribution is 2.30. The summed E-state index contributed by atoms with van der Waals surface area (Å²) in [5, 5.41) is 2.88. The molecule has 0 aromatic rings. The van der Waals surface area contributed by atoms with Gasteiger partial charge in [0.05, 0.1) is 0 Å². The number of amides is 3. The summed E-state index contributed by atoms with van der Waals surface area (Å²) in [6, 6.07) is -0.0529. The summed E-state index contributed by atoms with van der Waals surface area (Å²) in [5.74, 6) is 0.646. The lowest BCUT2D eigenvalue weighted by molar-refractivity contribution is -0.119. The van der Waals surface area contributed by atoms with Gasteiger partial charge < -0.3 is 15.1 Å². The van der Waals surface area contributed by atoms with Crippen LogP contribution < -0.4 is 5.32 Å². The number of nitrogens with one attached hydrogen (secondary N) is 1. The smallest absolute Gasteiger partial charge is 0.321 e. The minimum Gasteiger partial charge on any atom is -0.342 e. The quantitative estimate of drug-likeness (QED) is 0.787. The zero-order valence-corrected chi connectivity index (χ0v) is 11.6. The van der Waals surface area contributed by atoms with Crippen LogP contribution in [0.1, 0.15) is 32.6 Å². The molecule has 1 aliphatic heterocycles. The molecule has 0 radical (unpaired) electrons. The molecule has 1 saturated heterocycles. The molecule has 0 spiro atoms. The van der Waals surface area contributed by atoms with Crippen molar-refractivity contribution in [3.63, 3.8) is 0 Å². The number of hydrogen-bond acceptors (Lipinski definition) is 2. The third-order valence-electron chi connectivity index (χ3n) is 4.17. The van der Waals surface area contributed by atoms with E-state index < -0.39 is 0 Å². The van der Waals surface area contributed by atoms with E-state index in [2.05, 4.69) is 12.2 Å². The Kier molecular flexibility index (Phi) is 4.82. The molecule has 3 amide bonds. The van der Waals surface area contributed by atoms with Crippen LogP contribution in [0.5, 0.6) is 0 Å². The number of carbonyl (C=O) groups is 2. The topological polar surface area (TPSA) is 52.7 Å². The van der Waals surface area contributed by atoms with E-state index in [4.69, 9.17) is 0 Å². The molecule has 5 nitrogen and oxygen atoms in total. The molecular formula is C14H23N3O2. The fourth-order valence-corrected chi connectivity index (χ4v) is 2.80. The first-order valence-electron chi connectivity index (χ1n) is 7.12. The highest BCUT2D eigenvalue weighted by Gasteiger charge is 2.20. The van der Waals surface area contributed by atoms with Crippen molar-refractivity contribution in [3.8, 4) is 0 Å². The fourth-order valence-electron chi connectivity index (χ4n) is 2.80. The van der Waals surface area contributed by atoms with Crippen LogP contribution in [0.2, 0.25) is 0 Å². The first-order valence-corrected chi connectivity index (χ1v) is 7.12. The summed E-state index contributed by atoms with van der Waals surface area (Å²) in [7, 11) is 0. The lowest BCUT2D eigenvalue weighted by atomic mass is 10.0. The van der Waals surface area contributed by atoms with Crippen molar-refractivity contribution in [1.29, 1.82) is 0 Å². The lowest BCUT2D eigenvalue weighted by Crippen LogP contribution is -2.50. The first-order chi connectivity index (χ1) is 9.20. The predicted octanol–water partition coefficient (Wildman–Crippen LogP) is 1.56. The summed E-state index contributed by atoms with van der Waals surface area (Å²) in [4.78, 5) is 26.0. The summed E-state index contributed by atoms with van der Waals surface area (Å²) in [6.45, 7) is 4.58. The van der Waals surface area contributed by atoms with Crippen molar-refractivity contribution in [1.82, 2.24) is 15.1 Å². The van der Waals surface area contributed by atoms with Crippen LogP contribution in [0, 0.1) is 5.92 Å². The van der Waals surface area contributed by atoms with E-state index in [1.54, 1.807) is 9.80 Å². The van der Waals surface area contributed by atoms with Gasteiger partial charge in [-0.15, -0.1) is 0 Å². The Balaban J connectivity index is 1.77. The normalized spacial score (nSPS) is 21.6. The molecule has 2 fully saturated rings. The maximum Gasteiger partial charge on any atom is 0.321 e. The molecule has 1 aliphatic carbocycles. The van der Waals surface area contributed by atoms with Gasteiger partial charge in [0.15, 0.2) is 0 Å². The molecule has 19 heavy (non-hydrogen) atoms. The van der Waals surface area contributed by atoms with Crippen molar-refractivity contribution in [2.24, 2.45) is 5.92 Å². The second-order valence-corrected chi connectivity index (χ2v) is 5.45. The van der Waals surface area contributed by atoms with Gasteiger partial charge in [0.2, 0.25) is 6.41 Å². The van der Waals surface area contributed by atoms with Gasteiger partial charge in [0.25, 0.3) is 0 Å². The summed E-state index contributed by atoms with van der Waals surface area (Å²) < 4.78 is 0. The second-order valence-electron chi connectivity index (χ2n) is 5.45. The minimum absolute atomic E-state index is 0.0529. The van der Waals surface area contributed by atoms with Gasteiger partial charge in [-0.1, -0.05) is 18.4 Å². The van der Waals surface area contributed by atoms with E-state index >= 15 is 0 Å². The van der Waals surface area contributed by atoms with Crippen LogP contribution in [0.3, 0.4) is 0 Å². The Morgan fingerprint density at radius 2 is 1.79 bits per heavy atom. The van der Waals surface area contributed by atoms with Crippen LogP contribution in [0.4, 0.5) is 4.79 Å². The van der Waals surface area contributed by atoms with E-state index in [-0.39, 0.29) is 6.03 Å². The van der Waals surface area contributed by atoms with Gasteiger partial charge >= 0.3 is 6.03 Å². The first kappa shape index (κ1) is 13.9. The van der Waals surface area contributed by atoms with E-state index in [0.717, 1.165) is 6.41 Å². The molecule has 1 saturated carbocycles. The van der Waals surface area contributed by atoms with Crippen LogP contribution in [0.15, 0.2) is 11.8 Å². The van der Waals surface area contributed by atoms with E-state index in [9.17, 15) is 9.59 Å². The number of hydrogen-bond donors (Lipinski definition) is 1. The van der Waals surface area contributed by atoms with Gasteiger partial charge in [0.1, 0.15) is 0 Å². The molecule has 1 heterocycles. The van der Waals surface area contributed by atoms with Crippen molar-refractivity contribution < 1.29 is 9.59 Å². The summed E-state index contributed by atoms with van der Waals surface area (Å²) >= 11 is 0. The molecule has 0 aromatic heterocycles. The Morgan fingerprint density at radius 3 is 2.37 bits per heavy atom. The van der Waals surface area contributed by atoms with Gasteiger partial charge in [-0.25, -0.2) is 4.79 Å². The molecule has 5 heteroatoms. The van der Waals surface area contributed by atoms with Crippen molar-refractivity contribution in [2.75, 3.05) is 26.2 Å². The van der Waals surface area contributed by atoms with Gasteiger partial charge in [-0.3, -0.25) is 4.79 Å². The number of allylic oxidation sites excluding steroid dienone is 1. The van der Waals surface area contributed by atoms with Crippen LogP contribution in [0.25, 0.3) is 0 Å². The number of nitrogens with zero attached hydrogens (tertiary/aromatic N) is 2. The van der Waals surface area contributed by atoms with E-state index in [1.165, 1.54) is 31.3 Å². The molecule has 0 bridgehead atoms. The highest BCUT2D eigenvalue weighted by molar-refractivity contribution is 5.75. The Hall–Kier alpha value is -1.52. The van der Waals surface area contributed by atoms with E-state index in [1.807, 2.05) is 6.20 Å². The van der Waals surface area contributed by atoms with Crippen molar-refractivity contribution in [2.45, 2.75) is 32.6 Å². The largest absolute Gasteiger partial charge is 0.342 e. The minimum atomic E-state index is -0.0529. The maximum atomic E-state index is 12.0. The maximum absolute atomic E-state index is 12.0. The molecular weight excluding hydrogens is 242 g/mol. The molecule has 0 aromatic carbocycles. The summed E-state index contributed by atoms with van der Waals surface area (Å²) in [6.07, 6.45) is 7.81. The number of piperazine rings is 1. The van der Waals surface area contributed by atoms with Crippen molar-refractivity contribution in [3.05, 3.63) is 11.8 Å². The third kappa shape index (κ3) is 3.72. The van der Waals surface area contributed by atoms with Crippen LogP contribution >= 0.6 is 0 Å². The number of rotatable bonds is 3. The second kappa shape index (κ2) is 6.59. The lowest BCUT2D eigenvalue weighted by Gasteiger charge is -2.32. The third-order valence-corrected chi connectivity index (χ3v) is 4.17. The SMILES string of the molecule is C/C(=C\NC(=O)N1CCN(C=O)CC1)C1CCCC1. The molecule has 2 aliphatic rings. The van der Waals surface area contributed by atoms with Gasteiger partial charge in [-0.2, -0.15) is 0 Å². The standard InChI is InChI=1S/C14H23N3O2/c1-12(13-4-2-3-5-13)10-15-14(19)17-8-6-16(11-18)7-9-17/h10-11,13H,2-9H2,1H3,(H,15,19)/b12-10+. The molecule has 0 atom stereocenters. The van der Waals surface area contributed by atoms with E-state index in [0.29, 0.717) is 32.1 Å². The molecule has 106 valence electrons. The predicted molar refractivity (Wildman–Crippen MR) is 73.5 cm³/mol. The summed E-state index contributed by atoms with van der Waals surface area (Å²) in [5.41, 5.74) is 1.28. The van der Waals surface area contributed by atoms with Gasteiger partial charge in [0, 0.05) is 32.4 Å². The average Bonchev–Trinajstić information content (AvgIpc) is 2.98. The van der Waals surface area contributed by atoms with Crippen LogP contribution in [-0.2, 0) is 4.79 Å². The Bertz CT molecular complexity index is 354. The Morgan fingerprint density at radius 1 is 1.16 bits per heavy atom. The van der Waals surface area contributed by atoms with Crippen molar-refractivity contribution >= 4 is 12.4 Å². The molecule has 1 N–H and O–H groups in total. The zero-order valence-electron chi connectivity index (χ0n) is 11.6. The number of urea groups is 1. The fraction of sp³-hybridized carbons (Fsp3) is 0.714. The number of carbonyl (C=O) groups excluding carboxylic acids is 2. The molecule has 0 unspecified atom stereocenters. The zero-order chi connectivity index (χ0) is 13.7. The average molecular weight is 265 g/mol. The van der Waals surface area contributed by atoms with Gasteiger partial charge in [-0.05, 0) is 25.7 Å². The monoisotopic (exact) mass is 265 g/mol. The Labute approximate surface area is 114 Å². The molecule has 2 rings (SSSR count). The van der Waals surface area contributed by atoms with Crippen LogP contribution in [-0.4, -0.2) is 48.4 Å².